The van der Waals surface area contributed by atoms with Crippen LogP contribution in [0.25, 0.3) is 11.2 Å². The van der Waals surface area contributed by atoms with Crippen molar-refractivity contribution >= 4 is 17.1 Å². The molecule has 1 aromatic carbocycles. The molecule has 8 nitrogen and oxygen atoms in total. The zero-order chi connectivity index (χ0) is 21.1. The van der Waals surface area contributed by atoms with Gasteiger partial charge in [0.1, 0.15) is 5.82 Å². The van der Waals surface area contributed by atoms with Gasteiger partial charge >= 0.3 is 5.69 Å². The third kappa shape index (κ3) is 4.40. The van der Waals surface area contributed by atoms with Crippen molar-refractivity contribution in [2.24, 2.45) is 14.1 Å². The summed E-state index contributed by atoms with van der Waals surface area (Å²) in [6.45, 7) is 5.46. The Kier molecular flexibility index (Phi) is 6.17. The second-order valence-corrected chi connectivity index (χ2v) is 7.23. The van der Waals surface area contributed by atoms with E-state index in [1.165, 1.54) is 23.7 Å². The molecule has 1 N–H and O–H groups in total. The smallest absolute Gasteiger partial charge is 0.332 e. The summed E-state index contributed by atoms with van der Waals surface area (Å²) >= 11 is 0. The largest absolute Gasteiger partial charge is 0.379 e. The van der Waals surface area contributed by atoms with Crippen molar-refractivity contribution in [1.82, 2.24) is 18.7 Å². The Labute approximate surface area is 167 Å². The number of hydrogen-bond acceptors (Lipinski definition) is 5. The van der Waals surface area contributed by atoms with Crippen LogP contribution in [-0.4, -0.2) is 37.9 Å². The number of ether oxygens (including phenoxy) is 1. The quantitative estimate of drug-likeness (QED) is 0.581. The molecule has 0 atom stereocenters. The van der Waals surface area contributed by atoms with Crippen LogP contribution in [0.2, 0.25) is 0 Å². The second kappa shape index (κ2) is 8.60. The van der Waals surface area contributed by atoms with Gasteiger partial charge in [-0.15, -0.1) is 0 Å². The van der Waals surface area contributed by atoms with Gasteiger partial charge in [0.25, 0.3) is 5.56 Å². The number of rotatable bonds is 8. The van der Waals surface area contributed by atoms with Crippen LogP contribution >= 0.6 is 0 Å². The summed E-state index contributed by atoms with van der Waals surface area (Å²) < 4.78 is 23.0. The van der Waals surface area contributed by atoms with E-state index in [0.29, 0.717) is 36.8 Å². The zero-order valence-electron chi connectivity index (χ0n) is 17.1. The molecular formula is C20H26FN5O3. The molecular weight excluding hydrogens is 377 g/mol. The number of anilines is 1. The molecule has 0 unspecified atom stereocenters. The van der Waals surface area contributed by atoms with Crippen LogP contribution in [0, 0.1) is 5.82 Å². The standard InChI is InChI=1S/C20H26FN5O3/c1-13(2)29-11-5-10-22-19-23-17-16(18(27)25(4)20(28)24(17)3)26(19)12-14-6-8-15(21)9-7-14/h6-9,13H,5,10-12H2,1-4H3,(H,22,23). The molecule has 0 aliphatic heterocycles. The van der Waals surface area contributed by atoms with Crippen molar-refractivity contribution in [3.8, 4) is 0 Å². The van der Waals surface area contributed by atoms with E-state index in [1.54, 1.807) is 23.7 Å². The van der Waals surface area contributed by atoms with Crippen LogP contribution in [0.5, 0.6) is 0 Å². The van der Waals surface area contributed by atoms with Crippen LogP contribution < -0.4 is 16.6 Å². The first-order valence-electron chi connectivity index (χ1n) is 9.55. The lowest BCUT2D eigenvalue weighted by Crippen LogP contribution is -2.37. The summed E-state index contributed by atoms with van der Waals surface area (Å²) in [5.41, 5.74) is 0.577. The number of hydrogen-bond donors (Lipinski definition) is 1. The molecule has 2 heterocycles. The van der Waals surface area contributed by atoms with Crippen LogP contribution in [0.4, 0.5) is 10.3 Å². The molecule has 0 aliphatic rings. The molecule has 0 bridgehead atoms. The number of halogens is 1. The maximum atomic E-state index is 13.3. The van der Waals surface area contributed by atoms with Gasteiger partial charge in [0, 0.05) is 27.2 Å². The van der Waals surface area contributed by atoms with E-state index in [2.05, 4.69) is 10.3 Å². The molecule has 3 aromatic rings. The van der Waals surface area contributed by atoms with E-state index in [-0.39, 0.29) is 11.9 Å². The van der Waals surface area contributed by atoms with Gasteiger partial charge in [-0.25, -0.2) is 9.18 Å². The van der Waals surface area contributed by atoms with Crippen molar-refractivity contribution in [1.29, 1.82) is 0 Å². The summed E-state index contributed by atoms with van der Waals surface area (Å²) in [6.07, 6.45) is 0.921. The molecule has 0 saturated carbocycles. The summed E-state index contributed by atoms with van der Waals surface area (Å²) in [7, 11) is 3.02. The predicted molar refractivity (Wildman–Crippen MR) is 110 cm³/mol. The highest BCUT2D eigenvalue weighted by atomic mass is 19.1. The highest BCUT2D eigenvalue weighted by molar-refractivity contribution is 5.74. The van der Waals surface area contributed by atoms with Gasteiger partial charge in [-0.1, -0.05) is 12.1 Å². The molecule has 0 fully saturated rings. The number of fused-ring (bicyclic) bond motifs is 1. The fourth-order valence-electron chi connectivity index (χ4n) is 3.10. The monoisotopic (exact) mass is 403 g/mol. The Morgan fingerprint density at radius 1 is 1.14 bits per heavy atom. The molecule has 3 rings (SSSR count). The van der Waals surface area contributed by atoms with E-state index < -0.39 is 11.2 Å². The van der Waals surface area contributed by atoms with E-state index in [4.69, 9.17) is 4.74 Å². The zero-order valence-corrected chi connectivity index (χ0v) is 17.1. The van der Waals surface area contributed by atoms with Gasteiger partial charge in [-0.2, -0.15) is 4.98 Å². The maximum absolute atomic E-state index is 13.3. The van der Waals surface area contributed by atoms with E-state index in [0.717, 1.165) is 16.6 Å². The van der Waals surface area contributed by atoms with Crippen LogP contribution in [-0.2, 0) is 25.4 Å². The Morgan fingerprint density at radius 2 is 1.83 bits per heavy atom. The molecule has 2 aromatic heterocycles. The fourth-order valence-corrected chi connectivity index (χ4v) is 3.10. The minimum absolute atomic E-state index is 0.163. The van der Waals surface area contributed by atoms with E-state index in [9.17, 15) is 14.0 Å². The Balaban J connectivity index is 2.00. The topological polar surface area (TPSA) is 83.1 Å². The van der Waals surface area contributed by atoms with Gasteiger partial charge in [0.2, 0.25) is 5.95 Å². The lowest BCUT2D eigenvalue weighted by Gasteiger charge is -2.12. The molecule has 0 saturated heterocycles. The number of nitrogens with one attached hydrogen (secondary N) is 1. The van der Waals surface area contributed by atoms with E-state index >= 15 is 0 Å². The lowest BCUT2D eigenvalue weighted by molar-refractivity contribution is 0.0787. The number of nitrogens with zero attached hydrogens (tertiary/aromatic N) is 4. The van der Waals surface area contributed by atoms with Gasteiger partial charge in [0.15, 0.2) is 11.2 Å². The molecule has 0 spiro atoms. The van der Waals surface area contributed by atoms with Gasteiger partial charge in [-0.05, 0) is 38.0 Å². The first kappa shape index (κ1) is 20.8. The Hall–Kier alpha value is -2.94. The molecule has 0 radical (unpaired) electrons. The first-order chi connectivity index (χ1) is 13.8. The van der Waals surface area contributed by atoms with Gasteiger partial charge < -0.3 is 10.1 Å². The highest BCUT2D eigenvalue weighted by Crippen LogP contribution is 2.18. The number of aromatic nitrogens is 4. The van der Waals surface area contributed by atoms with Crippen molar-refractivity contribution in [2.75, 3.05) is 18.5 Å². The molecule has 0 aliphatic carbocycles. The maximum Gasteiger partial charge on any atom is 0.332 e. The third-order valence-corrected chi connectivity index (χ3v) is 4.66. The minimum atomic E-state index is -0.439. The number of imidazole rings is 1. The number of aryl methyl sites for hydroxylation is 1. The van der Waals surface area contributed by atoms with Crippen LogP contribution in [0.1, 0.15) is 25.8 Å². The summed E-state index contributed by atoms with van der Waals surface area (Å²) in [6, 6.07) is 6.07. The van der Waals surface area contributed by atoms with Crippen LogP contribution in [0.3, 0.4) is 0 Å². The fraction of sp³-hybridized carbons (Fsp3) is 0.450. The summed E-state index contributed by atoms with van der Waals surface area (Å²) in [4.78, 5) is 29.6. The lowest BCUT2D eigenvalue weighted by atomic mass is 10.2. The average Bonchev–Trinajstić information content (AvgIpc) is 3.04. The Bertz CT molecular complexity index is 1110. The van der Waals surface area contributed by atoms with Crippen LogP contribution in [0.15, 0.2) is 33.9 Å². The SMILES string of the molecule is CC(C)OCCCNc1nc2c(c(=O)n(C)c(=O)n2C)n1Cc1ccc(F)cc1. The predicted octanol–water partition coefficient (Wildman–Crippen LogP) is 1.85. The second-order valence-electron chi connectivity index (χ2n) is 7.23. The molecule has 156 valence electrons. The highest BCUT2D eigenvalue weighted by Gasteiger charge is 2.19. The van der Waals surface area contributed by atoms with Crippen molar-refractivity contribution in [3.63, 3.8) is 0 Å². The minimum Gasteiger partial charge on any atom is -0.379 e. The van der Waals surface area contributed by atoms with Gasteiger partial charge in [0.05, 0.1) is 12.6 Å². The first-order valence-corrected chi connectivity index (χ1v) is 9.55. The summed E-state index contributed by atoms with van der Waals surface area (Å²) in [5.74, 6) is 0.151. The number of benzene rings is 1. The third-order valence-electron chi connectivity index (χ3n) is 4.66. The van der Waals surface area contributed by atoms with Gasteiger partial charge in [-0.3, -0.25) is 18.5 Å². The Morgan fingerprint density at radius 3 is 2.48 bits per heavy atom. The molecule has 0 amide bonds. The van der Waals surface area contributed by atoms with Crippen molar-refractivity contribution < 1.29 is 9.13 Å². The normalized spacial score (nSPS) is 11.5. The summed E-state index contributed by atoms with van der Waals surface area (Å²) in [5, 5.41) is 3.24. The average molecular weight is 403 g/mol. The molecule has 29 heavy (non-hydrogen) atoms. The van der Waals surface area contributed by atoms with E-state index in [1.807, 2.05) is 13.8 Å². The van der Waals surface area contributed by atoms with Crippen molar-refractivity contribution in [3.05, 3.63) is 56.5 Å². The molecule has 9 heteroatoms. The van der Waals surface area contributed by atoms with Crippen molar-refractivity contribution in [2.45, 2.75) is 32.9 Å².